The first kappa shape index (κ1) is 14.2. The Labute approximate surface area is 128 Å². The number of hydrogen-bond donors (Lipinski definition) is 2. The molecule has 2 aromatic carbocycles. The zero-order valence-corrected chi connectivity index (χ0v) is 13.5. The molecule has 0 fully saturated rings. The molecule has 5 heteroatoms. The maximum absolute atomic E-state index is 9.90. The fourth-order valence-electron chi connectivity index (χ4n) is 1.67. The van der Waals surface area contributed by atoms with Gasteiger partial charge in [0.2, 0.25) is 0 Å². The van der Waals surface area contributed by atoms with Crippen molar-refractivity contribution < 1.29 is 9.84 Å². The highest BCUT2D eigenvalue weighted by molar-refractivity contribution is 9.11. The molecule has 0 aliphatic carbocycles. The Kier molecular flexibility index (Phi) is 4.71. The number of rotatable bonds is 4. The fourth-order valence-corrected chi connectivity index (χ4v) is 2.95. The molecule has 0 spiro atoms. The van der Waals surface area contributed by atoms with Crippen LogP contribution in [0.4, 0.5) is 5.69 Å². The monoisotopic (exact) mass is 385 g/mol. The number of nitrogens with one attached hydrogen (secondary N) is 1. The van der Waals surface area contributed by atoms with Crippen LogP contribution in [0.5, 0.6) is 11.5 Å². The number of aromatic hydroxyl groups is 1. The third kappa shape index (κ3) is 3.42. The summed E-state index contributed by atoms with van der Waals surface area (Å²) in [6, 6.07) is 11.1. The minimum absolute atomic E-state index is 0.218. The van der Waals surface area contributed by atoms with Gasteiger partial charge < -0.3 is 15.2 Å². The van der Waals surface area contributed by atoms with E-state index in [1.165, 1.54) is 0 Å². The topological polar surface area (TPSA) is 41.5 Å². The Morgan fingerprint density at radius 2 is 1.84 bits per heavy atom. The Bertz CT molecular complexity index is 567. The highest BCUT2D eigenvalue weighted by atomic mass is 79.9. The van der Waals surface area contributed by atoms with E-state index in [1.54, 1.807) is 13.2 Å². The minimum atomic E-state index is 0.218. The minimum Gasteiger partial charge on any atom is -0.507 e. The molecule has 0 saturated carbocycles. The van der Waals surface area contributed by atoms with Crippen LogP contribution in [0.3, 0.4) is 0 Å². The molecule has 0 aromatic heterocycles. The Morgan fingerprint density at radius 3 is 2.42 bits per heavy atom. The van der Waals surface area contributed by atoms with Gasteiger partial charge in [-0.15, -0.1) is 0 Å². The quantitative estimate of drug-likeness (QED) is 0.810. The second-order valence-electron chi connectivity index (χ2n) is 3.94. The van der Waals surface area contributed by atoms with E-state index in [-0.39, 0.29) is 5.75 Å². The van der Waals surface area contributed by atoms with Gasteiger partial charge >= 0.3 is 0 Å². The lowest BCUT2D eigenvalue weighted by Gasteiger charge is -2.12. The number of benzene rings is 2. The summed E-state index contributed by atoms with van der Waals surface area (Å²) < 4.78 is 6.99. The molecule has 0 radical (unpaired) electrons. The van der Waals surface area contributed by atoms with Crippen molar-refractivity contribution in [1.82, 2.24) is 0 Å². The molecule has 3 nitrogen and oxygen atoms in total. The zero-order chi connectivity index (χ0) is 13.8. The Hall–Kier alpha value is -1.20. The van der Waals surface area contributed by atoms with Crippen molar-refractivity contribution in [2.75, 3.05) is 12.4 Å². The number of methoxy groups -OCH3 is 1. The first-order chi connectivity index (χ1) is 9.11. The van der Waals surface area contributed by atoms with Crippen molar-refractivity contribution in [2.24, 2.45) is 0 Å². The van der Waals surface area contributed by atoms with Gasteiger partial charge in [0.1, 0.15) is 11.5 Å². The summed E-state index contributed by atoms with van der Waals surface area (Å²) in [4.78, 5) is 0. The SMILES string of the molecule is COc1ccc(CNc2c(Br)cccc2Br)c(O)c1. The molecule has 100 valence electrons. The molecule has 2 aromatic rings. The van der Waals surface area contributed by atoms with Crippen molar-refractivity contribution in [2.45, 2.75) is 6.54 Å². The van der Waals surface area contributed by atoms with Crippen LogP contribution in [0.2, 0.25) is 0 Å². The molecular formula is C14H13Br2NO2. The number of anilines is 1. The summed E-state index contributed by atoms with van der Waals surface area (Å²) in [5, 5.41) is 13.2. The first-order valence-corrected chi connectivity index (χ1v) is 7.24. The summed E-state index contributed by atoms with van der Waals surface area (Å²) in [5.74, 6) is 0.860. The lowest BCUT2D eigenvalue weighted by molar-refractivity contribution is 0.406. The number of phenols is 1. The lowest BCUT2D eigenvalue weighted by Crippen LogP contribution is -2.01. The van der Waals surface area contributed by atoms with E-state index in [0.717, 1.165) is 20.2 Å². The van der Waals surface area contributed by atoms with Gasteiger partial charge in [-0.3, -0.25) is 0 Å². The molecule has 0 bridgehead atoms. The fraction of sp³-hybridized carbons (Fsp3) is 0.143. The summed E-state index contributed by atoms with van der Waals surface area (Å²) >= 11 is 6.97. The first-order valence-electron chi connectivity index (χ1n) is 5.65. The van der Waals surface area contributed by atoms with E-state index in [4.69, 9.17) is 4.74 Å². The van der Waals surface area contributed by atoms with Gasteiger partial charge in [0.15, 0.2) is 0 Å². The van der Waals surface area contributed by atoms with E-state index < -0.39 is 0 Å². The van der Waals surface area contributed by atoms with Gasteiger partial charge in [0.25, 0.3) is 0 Å². The van der Waals surface area contributed by atoms with Crippen LogP contribution in [0.25, 0.3) is 0 Å². The third-order valence-electron chi connectivity index (χ3n) is 2.71. The van der Waals surface area contributed by atoms with Crippen molar-refractivity contribution >= 4 is 37.5 Å². The Balaban J connectivity index is 2.15. The van der Waals surface area contributed by atoms with Gasteiger partial charge in [0.05, 0.1) is 12.8 Å². The van der Waals surface area contributed by atoms with Gasteiger partial charge in [-0.05, 0) is 56.1 Å². The summed E-state index contributed by atoms with van der Waals surface area (Å²) in [7, 11) is 1.57. The molecule has 0 amide bonds. The Morgan fingerprint density at radius 1 is 1.16 bits per heavy atom. The average Bonchev–Trinajstić information content (AvgIpc) is 2.39. The average molecular weight is 387 g/mol. The lowest BCUT2D eigenvalue weighted by atomic mass is 10.2. The third-order valence-corrected chi connectivity index (χ3v) is 4.03. The van der Waals surface area contributed by atoms with Crippen LogP contribution in [0.15, 0.2) is 45.3 Å². The predicted octanol–water partition coefficient (Wildman–Crippen LogP) is 4.54. The highest BCUT2D eigenvalue weighted by Crippen LogP contribution is 2.32. The van der Waals surface area contributed by atoms with Crippen LogP contribution in [-0.2, 0) is 6.54 Å². The second kappa shape index (κ2) is 6.30. The molecule has 19 heavy (non-hydrogen) atoms. The second-order valence-corrected chi connectivity index (χ2v) is 5.65. The molecular weight excluding hydrogens is 374 g/mol. The van der Waals surface area contributed by atoms with E-state index in [9.17, 15) is 5.11 Å². The highest BCUT2D eigenvalue weighted by Gasteiger charge is 2.07. The van der Waals surface area contributed by atoms with Crippen LogP contribution >= 0.6 is 31.9 Å². The van der Waals surface area contributed by atoms with Crippen molar-refractivity contribution in [3.8, 4) is 11.5 Å². The van der Waals surface area contributed by atoms with Gasteiger partial charge in [-0.1, -0.05) is 6.07 Å². The maximum Gasteiger partial charge on any atom is 0.124 e. The van der Waals surface area contributed by atoms with Crippen LogP contribution in [0.1, 0.15) is 5.56 Å². The van der Waals surface area contributed by atoms with E-state index >= 15 is 0 Å². The molecule has 2 N–H and O–H groups in total. The predicted molar refractivity (Wildman–Crippen MR) is 83.8 cm³/mol. The number of para-hydroxylation sites is 1. The van der Waals surface area contributed by atoms with Crippen LogP contribution in [-0.4, -0.2) is 12.2 Å². The standard InChI is InChI=1S/C14H13Br2NO2/c1-19-10-6-5-9(13(18)7-10)8-17-14-11(15)3-2-4-12(14)16/h2-7,17-18H,8H2,1H3. The van der Waals surface area contributed by atoms with Crippen molar-refractivity contribution in [3.63, 3.8) is 0 Å². The molecule has 0 heterocycles. The van der Waals surface area contributed by atoms with Gasteiger partial charge in [-0.25, -0.2) is 0 Å². The molecule has 0 atom stereocenters. The molecule has 0 aliphatic rings. The summed E-state index contributed by atoms with van der Waals surface area (Å²) in [6.45, 7) is 0.525. The molecule has 2 rings (SSSR count). The molecule has 0 aliphatic heterocycles. The van der Waals surface area contributed by atoms with E-state index in [1.807, 2.05) is 30.3 Å². The normalized spacial score (nSPS) is 10.3. The van der Waals surface area contributed by atoms with Crippen LogP contribution in [0, 0.1) is 0 Å². The number of ether oxygens (including phenoxy) is 1. The number of hydrogen-bond acceptors (Lipinski definition) is 3. The maximum atomic E-state index is 9.90. The van der Waals surface area contributed by atoms with Crippen molar-refractivity contribution in [1.29, 1.82) is 0 Å². The van der Waals surface area contributed by atoms with E-state index in [2.05, 4.69) is 37.2 Å². The van der Waals surface area contributed by atoms with Crippen molar-refractivity contribution in [3.05, 3.63) is 50.9 Å². The van der Waals surface area contributed by atoms with Crippen LogP contribution < -0.4 is 10.1 Å². The molecule has 0 unspecified atom stereocenters. The number of halogens is 2. The summed E-state index contributed by atoms with van der Waals surface area (Å²) in [6.07, 6.45) is 0. The zero-order valence-electron chi connectivity index (χ0n) is 10.3. The summed E-state index contributed by atoms with van der Waals surface area (Å²) in [5.41, 5.74) is 1.76. The van der Waals surface area contributed by atoms with E-state index in [0.29, 0.717) is 12.3 Å². The van der Waals surface area contributed by atoms with Gasteiger partial charge in [0, 0.05) is 27.1 Å². The molecule has 0 saturated heterocycles. The largest absolute Gasteiger partial charge is 0.507 e. The smallest absolute Gasteiger partial charge is 0.124 e. The van der Waals surface area contributed by atoms with Gasteiger partial charge in [-0.2, -0.15) is 0 Å². The number of phenolic OH excluding ortho intramolecular Hbond substituents is 1.